The predicted octanol–water partition coefficient (Wildman–Crippen LogP) is 1.60. The van der Waals surface area contributed by atoms with Crippen molar-refractivity contribution in [1.82, 2.24) is 10.2 Å². The second-order valence-corrected chi connectivity index (χ2v) is 6.21. The number of halogens is 3. The Labute approximate surface area is 148 Å². The third-order valence-corrected chi connectivity index (χ3v) is 4.44. The highest BCUT2D eigenvalue weighted by molar-refractivity contribution is 5.82. The molecule has 1 saturated heterocycles. The fraction of sp³-hybridized carbons (Fsp3) is 0.471. The van der Waals surface area contributed by atoms with Crippen molar-refractivity contribution in [2.75, 3.05) is 19.6 Å². The summed E-state index contributed by atoms with van der Waals surface area (Å²) < 4.78 is 39.3. The summed E-state index contributed by atoms with van der Waals surface area (Å²) in [5.74, 6) is -2.89. The number of aliphatic carboxylic acids is 1. The maximum Gasteiger partial charge on any atom is 0.406 e. The summed E-state index contributed by atoms with van der Waals surface area (Å²) in [6, 6.07) is 8.94. The first-order chi connectivity index (χ1) is 12.2. The van der Waals surface area contributed by atoms with Crippen LogP contribution in [-0.4, -0.2) is 53.6 Å². The van der Waals surface area contributed by atoms with Crippen LogP contribution in [-0.2, 0) is 20.8 Å². The minimum atomic E-state index is -4.93. The number of carbonyl (C=O) groups excluding carboxylic acids is 2. The molecule has 142 valence electrons. The number of alkyl halides is 3. The van der Waals surface area contributed by atoms with Crippen LogP contribution in [0.1, 0.15) is 18.4 Å². The van der Waals surface area contributed by atoms with Crippen LogP contribution in [0.15, 0.2) is 30.3 Å². The molecule has 0 aromatic heterocycles. The van der Waals surface area contributed by atoms with Crippen LogP contribution in [0.3, 0.4) is 0 Å². The fourth-order valence-corrected chi connectivity index (χ4v) is 2.86. The van der Waals surface area contributed by atoms with Crippen molar-refractivity contribution < 1.29 is 32.7 Å². The Morgan fingerprint density at radius 2 is 1.85 bits per heavy atom. The average molecular weight is 372 g/mol. The molecule has 2 amide bonds. The number of carboxylic acid groups (broad SMARTS) is 1. The topological polar surface area (TPSA) is 86.7 Å². The van der Waals surface area contributed by atoms with Gasteiger partial charge in [0.2, 0.25) is 11.8 Å². The van der Waals surface area contributed by atoms with E-state index >= 15 is 0 Å². The van der Waals surface area contributed by atoms with Gasteiger partial charge in [-0.05, 0) is 12.0 Å². The van der Waals surface area contributed by atoms with E-state index in [1.165, 1.54) is 0 Å². The van der Waals surface area contributed by atoms with Gasteiger partial charge in [0.15, 0.2) is 5.41 Å². The lowest BCUT2D eigenvalue weighted by molar-refractivity contribution is -0.227. The molecular weight excluding hydrogens is 353 g/mol. The fourth-order valence-electron chi connectivity index (χ4n) is 2.86. The van der Waals surface area contributed by atoms with Gasteiger partial charge in [0.05, 0.1) is 6.42 Å². The zero-order chi connectivity index (χ0) is 19.4. The summed E-state index contributed by atoms with van der Waals surface area (Å²) in [5.41, 5.74) is -2.12. The van der Waals surface area contributed by atoms with Crippen molar-refractivity contribution in [3.63, 3.8) is 0 Å². The zero-order valence-electron chi connectivity index (χ0n) is 13.9. The van der Waals surface area contributed by atoms with E-state index in [2.05, 4.69) is 5.32 Å². The Hall–Kier alpha value is -2.58. The van der Waals surface area contributed by atoms with E-state index in [-0.39, 0.29) is 31.8 Å². The highest BCUT2D eigenvalue weighted by Gasteiger charge is 2.64. The Morgan fingerprint density at radius 1 is 1.19 bits per heavy atom. The van der Waals surface area contributed by atoms with E-state index in [1.807, 2.05) is 6.07 Å². The molecule has 2 N–H and O–H groups in total. The van der Waals surface area contributed by atoms with E-state index in [4.69, 9.17) is 5.11 Å². The van der Waals surface area contributed by atoms with Crippen LogP contribution < -0.4 is 5.32 Å². The zero-order valence-corrected chi connectivity index (χ0v) is 13.9. The molecule has 1 aliphatic heterocycles. The third-order valence-electron chi connectivity index (χ3n) is 4.44. The Balaban J connectivity index is 1.82. The number of nitrogens with zero attached hydrogens (tertiary/aromatic N) is 1. The highest BCUT2D eigenvalue weighted by Crippen LogP contribution is 2.45. The highest BCUT2D eigenvalue weighted by atomic mass is 19.4. The Bertz CT molecular complexity index is 678. The summed E-state index contributed by atoms with van der Waals surface area (Å²) in [4.78, 5) is 35.8. The third kappa shape index (κ3) is 4.33. The predicted molar refractivity (Wildman–Crippen MR) is 85.1 cm³/mol. The molecule has 1 unspecified atom stereocenters. The number of hydrogen-bond acceptors (Lipinski definition) is 3. The number of nitrogens with one attached hydrogen (secondary N) is 1. The monoisotopic (exact) mass is 372 g/mol. The number of amides is 2. The largest absolute Gasteiger partial charge is 0.481 e. The van der Waals surface area contributed by atoms with E-state index in [1.54, 1.807) is 24.3 Å². The van der Waals surface area contributed by atoms with E-state index < -0.39 is 36.4 Å². The molecule has 1 aromatic rings. The van der Waals surface area contributed by atoms with Crippen LogP contribution in [0, 0.1) is 5.41 Å². The maximum absolute atomic E-state index is 13.1. The van der Waals surface area contributed by atoms with Crippen molar-refractivity contribution in [2.24, 2.45) is 5.41 Å². The lowest BCUT2D eigenvalue weighted by Gasteiger charge is -2.27. The number of carboxylic acids is 1. The maximum atomic E-state index is 13.1. The van der Waals surface area contributed by atoms with Crippen LogP contribution in [0.2, 0.25) is 0 Å². The summed E-state index contributed by atoms with van der Waals surface area (Å²) in [7, 11) is 0. The second kappa shape index (κ2) is 7.76. The van der Waals surface area contributed by atoms with Gasteiger partial charge < -0.3 is 15.3 Å². The molecule has 0 saturated carbocycles. The van der Waals surface area contributed by atoms with Gasteiger partial charge in [0, 0.05) is 26.1 Å². The lowest BCUT2D eigenvalue weighted by atomic mass is 9.86. The minimum absolute atomic E-state index is 0.0207. The molecule has 1 atom stereocenters. The molecule has 9 heteroatoms. The molecule has 26 heavy (non-hydrogen) atoms. The number of rotatable bonds is 6. The van der Waals surface area contributed by atoms with Crippen molar-refractivity contribution in [3.8, 4) is 0 Å². The molecule has 1 heterocycles. The molecule has 1 aromatic carbocycles. The van der Waals surface area contributed by atoms with Gasteiger partial charge in [0.25, 0.3) is 0 Å². The first kappa shape index (κ1) is 19.7. The smallest absolute Gasteiger partial charge is 0.406 e. The van der Waals surface area contributed by atoms with Crippen LogP contribution in [0.5, 0.6) is 0 Å². The van der Waals surface area contributed by atoms with Crippen molar-refractivity contribution in [2.45, 2.75) is 25.4 Å². The van der Waals surface area contributed by atoms with E-state index in [0.29, 0.717) is 0 Å². The number of benzene rings is 1. The first-order valence-corrected chi connectivity index (χ1v) is 8.04. The average Bonchev–Trinajstić information content (AvgIpc) is 3.02. The molecule has 1 aliphatic rings. The number of hydrogen-bond donors (Lipinski definition) is 2. The van der Waals surface area contributed by atoms with Crippen molar-refractivity contribution >= 4 is 17.8 Å². The van der Waals surface area contributed by atoms with E-state index in [0.717, 1.165) is 10.5 Å². The van der Waals surface area contributed by atoms with Crippen molar-refractivity contribution in [1.29, 1.82) is 0 Å². The Kier molecular flexibility index (Phi) is 5.89. The van der Waals surface area contributed by atoms with Crippen LogP contribution >= 0.6 is 0 Å². The summed E-state index contributed by atoms with van der Waals surface area (Å²) in [6.07, 6.45) is -5.65. The van der Waals surface area contributed by atoms with E-state index in [9.17, 15) is 27.6 Å². The summed E-state index contributed by atoms with van der Waals surface area (Å²) in [6.45, 7) is -1.20. The standard InChI is InChI=1S/C17H19F3N2O4/c18-17(19,20)16(15(25)26)7-9-22(11-16)14(24)6-8-21-13(23)10-12-4-2-1-3-5-12/h1-5H,6-11H2,(H,21,23)(H,25,26). The lowest BCUT2D eigenvalue weighted by Crippen LogP contribution is -2.48. The normalized spacial score (nSPS) is 20.0. The van der Waals surface area contributed by atoms with Gasteiger partial charge in [-0.1, -0.05) is 30.3 Å². The Morgan fingerprint density at radius 3 is 2.38 bits per heavy atom. The molecule has 0 spiro atoms. The minimum Gasteiger partial charge on any atom is -0.481 e. The van der Waals surface area contributed by atoms with Gasteiger partial charge in [-0.15, -0.1) is 0 Å². The van der Waals surface area contributed by atoms with Crippen LogP contribution in [0.4, 0.5) is 13.2 Å². The van der Waals surface area contributed by atoms with Gasteiger partial charge in [-0.2, -0.15) is 13.2 Å². The molecule has 0 radical (unpaired) electrons. The molecule has 0 aliphatic carbocycles. The first-order valence-electron chi connectivity index (χ1n) is 8.04. The molecule has 6 nitrogen and oxygen atoms in total. The number of carbonyl (C=O) groups is 3. The SMILES string of the molecule is O=C(Cc1ccccc1)NCCC(=O)N1CCC(C(=O)O)(C(F)(F)F)C1. The van der Waals surface area contributed by atoms with Gasteiger partial charge in [0.1, 0.15) is 0 Å². The molecule has 0 bridgehead atoms. The summed E-state index contributed by atoms with van der Waals surface area (Å²) >= 11 is 0. The molecule has 2 rings (SSSR count). The van der Waals surface area contributed by atoms with Crippen molar-refractivity contribution in [3.05, 3.63) is 35.9 Å². The van der Waals surface area contributed by atoms with Gasteiger partial charge >= 0.3 is 12.1 Å². The van der Waals surface area contributed by atoms with Crippen LogP contribution in [0.25, 0.3) is 0 Å². The number of likely N-dealkylation sites (tertiary alicyclic amines) is 1. The second-order valence-electron chi connectivity index (χ2n) is 6.21. The molecular formula is C17H19F3N2O4. The van der Waals surface area contributed by atoms with Gasteiger partial charge in [-0.25, -0.2) is 0 Å². The molecule has 1 fully saturated rings. The quantitative estimate of drug-likeness (QED) is 0.794. The summed E-state index contributed by atoms with van der Waals surface area (Å²) in [5, 5.41) is 11.5. The van der Waals surface area contributed by atoms with Gasteiger partial charge in [-0.3, -0.25) is 14.4 Å².